The molecule has 3 aromatic rings. The van der Waals surface area contributed by atoms with E-state index in [4.69, 9.17) is 16.3 Å². The fraction of sp³-hybridized carbons (Fsp3) is 0.150. The highest BCUT2D eigenvalue weighted by Crippen LogP contribution is 2.29. The van der Waals surface area contributed by atoms with E-state index in [1.165, 1.54) is 6.07 Å². The number of aromatic nitrogens is 1. The first-order valence-corrected chi connectivity index (χ1v) is 10.3. The van der Waals surface area contributed by atoms with Gasteiger partial charge in [0.05, 0.1) is 21.3 Å². The summed E-state index contributed by atoms with van der Waals surface area (Å²) in [6.07, 6.45) is 2.54. The van der Waals surface area contributed by atoms with E-state index in [0.29, 0.717) is 16.5 Å². The standard InChI is InChI=1S/C20H19ClN2O3S/c1-2-15-6-9-18(10-7-15)27(24,25)23-16-8-11-20(19(21)13-16)26-14-17-5-3-4-12-22-17/h3-13,23H,2,14H2,1H3. The SMILES string of the molecule is CCc1ccc(S(=O)(=O)Nc2ccc(OCc3ccccn3)c(Cl)c2)cc1. The predicted octanol–water partition coefficient (Wildman–Crippen LogP) is 4.68. The molecule has 0 spiro atoms. The Labute approximate surface area is 164 Å². The van der Waals surface area contributed by atoms with Crippen LogP contribution in [0.4, 0.5) is 5.69 Å². The highest BCUT2D eigenvalue weighted by Gasteiger charge is 2.15. The lowest BCUT2D eigenvalue weighted by atomic mass is 10.2. The van der Waals surface area contributed by atoms with Crippen molar-refractivity contribution in [1.82, 2.24) is 4.98 Å². The predicted molar refractivity (Wildman–Crippen MR) is 107 cm³/mol. The van der Waals surface area contributed by atoms with Gasteiger partial charge in [-0.2, -0.15) is 0 Å². The number of ether oxygens (including phenoxy) is 1. The molecule has 0 saturated carbocycles. The van der Waals surface area contributed by atoms with Gasteiger partial charge in [0, 0.05) is 6.20 Å². The van der Waals surface area contributed by atoms with Gasteiger partial charge in [-0.3, -0.25) is 9.71 Å². The third kappa shape index (κ3) is 4.99. The molecule has 1 N–H and O–H groups in total. The molecule has 0 aliphatic heterocycles. The highest BCUT2D eigenvalue weighted by atomic mass is 35.5. The Morgan fingerprint density at radius 3 is 2.48 bits per heavy atom. The fourth-order valence-electron chi connectivity index (χ4n) is 2.43. The quantitative estimate of drug-likeness (QED) is 0.623. The largest absolute Gasteiger partial charge is 0.486 e. The van der Waals surface area contributed by atoms with Crippen LogP contribution in [-0.4, -0.2) is 13.4 Å². The molecule has 0 bridgehead atoms. The number of aryl methyl sites for hydroxylation is 1. The topological polar surface area (TPSA) is 68.3 Å². The molecule has 5 nitrogen and oxygen atoms in total. The molecule has 0 amide bonds. The van der Waals surface area contributed by atoms with E-state index in [9.17, 15) is 8.42 Å². The average molecular weight is 403 g/mol. The lowest BCUT2D eigenvalue weighted by Gasteiger charge is -2.11. The van der Waals surface area contributed by atoms with Crippen molar-refractivity contribution < 1.29 is 13.2 Å². The smallest absolute Gasteiger partial charge is 0.261 e. The molecule has 140 valence electrons. The van der Waals surface area contributed by atoms with E-state index in [0.717, 1.165) is 17.7 Å². The number of sulfonamides is 1. The van der Waals surface area contributed by atoms with Crippen LogP contribution < -0.4 is 9.46 Å². The molecule has 27 heavy (non-hydrogen) atoms. The second-order valence-electron chi connectivity index (χ2n) is 5.86. The maximum Gasteiger partial charge on any atom is 0.261 e. The van der Waals surface area contributed by atoms with Gasteiger partial charge in [0.25, 0.3) is 10.0 Å². The second-order valence-corrected chi connectivity index (χ2v) is 7.95. The molecule has 2 aromatic carbocycles. The number of anilines is 1. The second kappa shape index (κ2) is 8.41. The maximum atomic E-state index is 12.5. The van der Waals surface area contributed by atoms with Crippen molar-refractivity contribution in [1.29, 1.82) is 0 Å². The minimum absolute atomic E-state index is 0.200. The Balaban J connectivity index is 1.71. The normalized spacial score (nSPS) is 11.2. The summed E-state index contributed by atoms with van der Waals surface area (Å²) in [7, 11) is -3.68. The fourth-order valence-corrected chi connectivity index (χ4v) is 3.72. The van der Waals surface area contributed by atoms with Crippen LogP contribution in [0.1, 0.15) is 18.2 Å². The molecule has 0 saturated heterocycles. The van der Waals surface area contributed by atoms with Crippen molar-refractivity contribution in [2.45, 2.75) is 24.8 Å². The third-order valence-electron chi connectivity index (χ3n) is 3.93. The van der Waals surface area contributed by atoms with Crippen molar-refractivity contribution in [3.8, 4) is 5.75 Å². The Morgan fingerprint density at radius 1 is 1.07 bits per heavy atom. The van der Waals surface area contributed by atoms with E-state index >= 15 is 0 Å². The zero-order valence-electron chi connectivity index (χ0n) is 14.7. The van der Waals surface area contributed by atoms with Crippen molar-refractivity contribution >= 4 is 27.3 Å². The van der Waals surface area contributed by atoms with Crippen molar-refractivity contribution in [2.24, 2.45) is 0 Å². The first kappa shape index (κ1) is 19.2. The number of benzene rings is 2. The van der Waals surface area contributed by atoms with Gasteiger partial charge in [-0.1, -0.05) is 36.7 Å². The molecule has 0 aliphatic rings. The Hall–Kier alpha value is -2.57. The summed E-state index contributed by atoms with van der Waals surface area (Å²) in [5.74, 6) is 0.456. The molecule has 7 heteroatoms. The minimum atomic E-state index is -3.68. The van der Waals surface area contributed by atoms with Crippen LogP contribution in [0.2, 0.25) is 5.02 Å². The van der Waals surface area contributed by atoms with Crippen molar-refractivity contribution in [3.63, 3.8) is 0 Å². The van der Waals surface area contributed by atoms with Gasteiger partial charge in [0.2, 0.25) is 0 Å². The molecule has 1 heterocycles. The van der Waals surface area contributed by atoms with Crippen molar-refractivity contribution in [3.05, 3.63) is 83.1 Å². The van der Waals surface area contributed by atoms with Gasteiger partial charge in [-0.25, -0.2) is 8.42 Å². The summed E-state index contributed by atoms with van der Waals surface area (Å²) in [4.78, 5) is 4.38. The van der Waals surface area contributed by atoms with E-state index < -0.39 is 10.0 Å². The molecule has 0 aliphatic carbocycles. The highest BCUT2D eigenvalue weighted by molar-refractivity contribution is 7.92. The van der Waals surface area contributed by atoms with Crippen LogP contribution in [0.25, 0.3) is 0 Å². The number of halogens is 1. The van der Waals surface area contributed by atoms with Gasteiger partial charge >= 0.3 is 0 Å². The molecular weight excluding hydrogens is 384 g/mol. The van der Waals surface area contributed by atoms with Gasteiger partial charge in [-0.15, -0.1) is 0 Å². The number of nitrogens with zero attached hydrogens (tertiary/aromatic N) is 1. The molecule has 0 atom stereocenters. The van der Waals surface area contributed by atoms with Crippen LogP contribution in [0.3, 0.4) is 0 Å². The van der Waals surface area contributed by atoms with Crippen molar-refractivity contribution in [2.75, 3.05) is 4.72 Å². The Morgan fingerprint density at radius 2 is 1.85 bits per heavy atom. The van der Waals surface area contributed by atoms with Crippen LogP contribution in [0.15, 0.2) is 71.8 Å². The third-order valence-corrected chi connectivity index (χ3v) is 5.62. The van der Waals surface area contributed by atoms with Crippen LogP contribution >= 0.6 is 11.6 Å². The van der Waals surface area contributed by atoms with E-state index in [2.05, 4.69) is 9.71 Å². The summed E-state index contributed by atoms with van der Waals surface area (Å²) in [5.41, 5.74) is 2.21. The van der Waals surface area contributed by atoms with Crippen LogP contribution in [0, 0.1) is 0 Å². The van der Waals surface area contributed by atoms with Crippen LogP contribution in [0.5, 0.6) is 5.75 Å². The first-order valence-electron chi connectivity index (χ1n) is 8.42. The summed E-state index contributed by atoms with van der Waals surface area (Å²) in [6.45, 7) is 2.29. The summed E-state index contributed by atoms with van der Waals surface area (Å²) in [6, 6.07) is 17.1. The molecule has 0 fully saturated rings. The van der Waals surface area contributed by atoms with Gasteiger partial charge < -0.3 is 4.74 Å². The van der Waals surface area contributed by atoms with Crippen LogP contribution in [-0.2, 0) is 23.1 Å². The Kier molecular flexibility index (Phi) is 5.98. The minimum Gasteiger partial charge on any atom is -0.486 e. The summed E-state index contributed by atoms with van der Waals surface area (Å²) < 4.78 is 33.2. The zero-order valence-corrected chi connectivity index (χ0v) is 16.3. The Bertz CT molecular complexity index is 1010. The number of nitrogens with one attached hydrogen (secondary N) is 1. The van der Waals surface area contributed by atoms with Gasteiger partial charge in [0.1, 0.15) is 12.4 Å². The average Bonchev–Trinajstić information content (AvgIpc) is 2.68. The zero-order chi connectivity index (χ0) is 19.3. The maximum absolute atomic E-state index is 12.5. The lowest BCUT2D eigenvalue weighted by molar-refractivity contribution is 0.301. The number of pyridine rings is 1. The van der Waals surface area contributed by atoms with E-state index in [1.807, 2.05) is 25.1 Å². The number of rotatable bonds is 7. The number of hydrogen-bond donors (Lipinski definition) is 1. The van der Waals surface area contributed by atoms with E-state index in [1.54, 1.807) is 42.6 Å². The molecule has 3 rings (SSSR count). The van der Waals surface area contributed by atoms with Gasteiger partial charge in [0.15, 0.2) is 0 Å². The molecular formula is C20H19ClN2O3S. The van der Waals surface area contributed by atoms with Gasteiger partial charge in [-0.05, 0) is 54.4 Å². The molecule has 0 radical (unpaired) electrons. The first-order chi connectivity index (χ1) is 13.0. The lowest BCUT2D eigenvalue weighted by Crippen LogP contribution is -2.13. The number of hydrogen-bond acceptors (Lipinski definition) is 4. The summed E-state index contributed by atoms with van der Waals surface area (Å²) >= 11 is 6.23. The summed E-state index contributed by atoms with van der Waals surface area (Å²) in [5, 5.41) is 0.312. The molecule has 1 aromatic heterocycles. The monoisotopic (exact) mass is 402 g/mol. The molecule has 0 unspecified atom stereocenters. The van der Waals surface area contributed by atoms with E-state index in [-0.39, 0.29) is 11.5 Å².